The predicted molar refractivity (Wildman–Crippen MR) is 100 cm³/mol. The molecule has 2 aromatic carbocycles. The van der Waals surface area contributed by atoms with Crippen molar-refractivity contribution in [1.29, 1.82) is 0 Å². The molecule has 7 heteroatoms. The van der Waals surface area contributed by atoms with E-state index < -0.39 is 0 Å². The largest absolute Gasteiger partial charge is 0.496 e. The van der Waals surface area contributed by atoms with E-state index in [4.69, 9.17) is 31.5 Å². The third-order valence-electron chi connectivity index (χ3n) is 3.72. The van der Waals surface area contributed by atoms with E-state index in [0.29, 0.717) is 23.7 Å². The smallest absolute Gasteiger partial charge is 0.206 e. The molecule has 0 spiro atoms. The number of nitrogen functional groups attached to an aromatic ring is 1. The van der Waals surface area contributed by atoms with Crippen LogP contribution in [0.5, 0.6) is 23.0 Å². The number of aromatic nitrogens is 2. The van der Waals surface area contributed by atoms with Crippen LogP contribution >= 0.6 is 11.6 Å². The molecule has 0 aliphatic carbocycles. The highest BCUT2D eigenvalue weighted by atomic mass is 35.5. The Kier molecular flexibility index (Phi) is 5.43. The number of methoxy groups -OCH3 is 2. The fourth-order valence-corrected chi connectivity index (χ4v) is 2.72. The minimum absolute atomic E-state index is 0.133. The molecule has 0 radical (unpaired) electrons. The third kappa shape index (κ3) is 3.81. The van der Waals surface area contributed by atoms with E-state index in [9.17, 15) is 0 Å². The lowest BCUT2D eigenvalue weighted by Crippen LogP contribution is -2.05. The number of benzene rings is 2. The van der Waals surface area contributed by atoms with E-state index in [1.807, 2.05) is 36.4 Å². The van der Waals surface area contributed by atoms with Crippen molar-refractivity contribution in [3.63, 3.8) is 0 Å². The van der Waals surface area contributed by atoms with Gasteiger partial charge in [-0.05, 0) is 18.2 Å². The molecule has 0 aliphatic heterocycles. The summed E-state index contributed by atoms with van der Waals surface area (Å²) in [4.78, 5) is 8.63. The van der Waals surface area contributed by atoms with Gasteiger partial charge >= 0.3 is 0 Å². The molecule has 2 N–H and O–H groups in total. The highest BCUT2D eigenvalue weighted by molar-refractivity contribution is 6.31. The lowest BCUT2D eigenvalue weighted by Gasteiger charge is -2.13. The minimum atomic E-state index is 0.133. The van der Waals surface area contributed by atoms with Gasteiger partial charge in [0.05, 0.1) is 14.2 Å². The SMILES string of the molecule is COc1ccccc1Cc1nc(N)c(Oc2ccccc2OC)c(Cl)n1. The Morgan fingerprint density at radius 2 is 1.50 bits per heavy atom. The number of ether oxygens (including phenoxy) is 3. The molecule has 3 rings (SSSR count). The normalized spacial score (nSPS) is 10.4. The molecule has 0 bridgehead atoms. The van der Waals surface area contributed by atoms with Gasteiger partial charge in [-0.2, -0.15) is 0 Å². The fourth-order valence-electron chi connectivity index (χ4n) is 2.49. The number of rotatable bonds is 6. The first-order chi connectivity index (χ1) is 12.6. The first-order valence-electron chi connectivity index (χ1n) is 7.87. The summed E-state index contributed by atoms with van der Waals surface area (Å²) in [5.74, 6) is 2.61. The Morgan fingerprint density at radius 3 is 2.15 bits per heavy atom. The highest BCUT2D eigenvalue weighted by Crippen LogP contribution is 2.37. The fraction of sp³-hybridized carbons (Fsp3) is 0.158. The average Bonchev–Trinajstić information content (AvgIpc) is 2.65. The predicted octanol–water partition coefficient (Wildman–Crippen LogP) is 4.11. The molecule has 0 atom stereocenters. The lowest BCUT2D eigenvalue weighted by molar-refractivity contribution is 0.378. The number of hydrogen-bond acceptors (Lipinski definition) is 6. The van der Waals surface area contributed by atoms with E-state index in [1.165, 1.54) is 0 Å². The molecule has 0 amide bonds. The minimum Gasteiger partial charge on any atom is -0.496 e. The van der Waals surface area contributed by atoms with Crippen molar-refractivity contribution in [3.05, 3.63) is 65.1 Å². The Morgan fingerprint density at radius 1 is 0.885 bits per heavy atom. The Bertz CT molecular complexity index is 895. The van der Waals surface area contributed by atoms with Gasteiger partial charge in [-0.1, -0.05) is 41.9 Å². The van der Waals surface area contributed by atoms with Crippen LogP contribution in [0.1, 0.15) is 11.4 Å². The van der Waals surface area contributed by atoms with Gasteiger partial charge in [0, 0.05) is 12.0 Å². The second-order valence-corrected chi connectivity index (χ2v) is 5.74. The monoisotopic (exact) mass is 371 g/mol. The second kappa shape index (κ2) is 7.93. The molecule has 0 fully saturated rings. The molecule has 0 saturated heterocycles. The van der Waals surface area contributed by atoms with E-state index in [2.05, 4.69) is 9.97 Å². The van der Waals surface area contributed by atoms with Crippen molar-refractivity contribution in [3.8, 4) is 23.0 Å². The van der Waals surface area contributed by atoms with Gasteiger partial charge < -0.3 is 19.9 Å². The Balaban J connectivity index is 1.89. The molecule has 26 heavy (non-hydrogen) atoms. The van der Waals surface area contributed by atoms with E-state index >= 15 is 0 Å². The molecule has 6 nitrogen and oxygen atoms in total. The topological polar surface area (TPSA) is 79.5 Å². The number of nitrogens with zero attached hydrogens (tertiary/aromatic N) is 2. The van der Waals surface area contributed by atoms with Gasteiger partial charge in [0.25, 0.3) is 0 Å². The van der Waals surface area contributed by atoms with Crippen molar-refractivity contribution >= 4 is 17.4 Å². The number of nitrogens with two attached hydrogens (primary N) is 1. The Labute approximate surface area is 156 Å². The van der Waals surface area contributed by atoms with Crippen LogP contribution in [0.15, 0.2) is 48.5 Å². The summed E-state index contributed by atoms with van der Waals surface area (Å²) in [6.45, 7) is 0. The van der Waals surface area contributed by atoms with E-state index in [0.717, 1.165) is 11.3 Å². The summed E-state index contributed by atoms with van der Waals surface area (Å²) < 4.78 is 16.4. The summed E-state index contributed by atoms with van der Waals surface area (Å²) in [6, 6.07) is 14.8. The van der Waals surface area contributed by atoms with Gasteiger partial charge in [0.15, 0.2) is 22.5 Å². The third-order valence-corrected chi connectivity index (χ3v) is 3.98. The Hall–Kier alpha value is -2.99. The molecular formula is C19H18ClN3O3. The zero-order valence-corrected chi connectivity index (χ0v) is 15.2. The average molecular weight is 372 g/mol. The second-order valence-electron chi connectivity index (χ2n) is 5.39. The molecule has 134 valence electrons. The molecule has 3 aromatic rings. The van der Waals surface area contributed by atoms with Crippen LogP contribution in [0.2, 0.25) is 5.15 Å². The molecule has 0 saturated carbocycles. The molecule has 0 aliphatic rings. The van der Waals surface area contributed by atoms with Crippen LogP contribution < -0.4 is 19.9 Å². The van der Waals surface area contributed by atoms with E-state index in [1.54, 1.807) is 26.4 Å². The van der Waals surface area contributed by atoms with Gasteiger partial charge in [-0.3, -0.25) is 0 Å². The van der Waals surface area contributed by atoms with Crippen molar-refractivity contribution < 1.29 is 14.2 Å². The maximum atomic E-state index is 6.29. The van der Waals surface area contributed by atoms with Crippen LogP contribution in [0.3, 0.4) is 0 Å². The number of para-hydroxylation sites is 3. The van der Waals surface area contributed by atoms with Crippen molar-refractivity contribution in [2.75, 3.05) is 20.0 Å². The van der Waals surface area contributed by atoms with Crippen LogP contribution in [0, 0.1) is 0 Å². The summed E-state index contributed by atoms with van der Waals surface area (Å²) >= 11 is 6.29. The zero-order chi connectivity index (χ0) is 18.5. The summed E-state index contributed by atoms with van der Waals surface area (Å²) in [7, 11) is 3.17. The summed E-state index contributed by atoms with van der Waals surface area (Å²) in [6.07, 6.45) is 0.433. The maximum absolute atomic E-state index is 6.29. The number of hydrogen-bond donors (Lipinski definition) is 1. The van der Waals surface area contributed by atoms with Crippen molar-refractivity contribution in [1.82, 2.24) is 9.97 Å². The van der Waals surface area contributed by atoms with Crippen LogP contribution in [0.4, 0.5) is 5.82 Å². The number of anilines is 1. The lowest BCUT2D eigenvalue weighted by atomic mass is 10.1. The van der Waals surface area contributed by atoms with Crippen LogP contribution in [-0.4, -0.2) is 24.2 Å². The molecular weight excluding hydrogens is 354 g/mol. The van der Waals surface area contributed by atoms with Gasteiger partial charge in [-0.25, -0.2) is 9.97 Å². The van der Waals surface area contributed by atoms with Gasteiger partial charge in [-0.15, -0.1) is 0 Å². The number of halogens is 1. The summed E-state index contributed by atoms with van der Waals surface area (Å²) in [5, 5.41) is 0.133. The standard InChI is InChI=1S/C19H18ClN3O3/c1-24-13-8-4-3-7-12(13)11-16-22-18(20)17(19(21)23-16)26-15-10-6-5-9-14(15)25-2/h3-10H,11H2,1-2H3,(H2,21,22,23). The maximum Gasteiger partial charge on any atom is 0.206 e. The molecule has 0 unspecified atom stereocenters. The summed E-state index contributed by atoms with van der Waals surface area (Å²) in [5.41, 5.74) is 6.99. The molecule has 1 aromatic heterocycles. The van der Waals surface area contributed by atoms with Crippen LogP contribution in [0.25, 0.3) is 0 Å². The first-order valence-corrected chi connectivity index (χ1v) is 8.24. The zero-order valence-electron chi connectivity index (χ0n) is 14.4. The van der Waals surface area contributed by atoms with E-state index in [-0.39, 0.29) is 16.7 Å². The first kappa shape index (κ1) is 17.8. The van der Waals surface area contributed by atoms with Crippen molar-refractivity contribution in [2.45, 2.75) is 6.42 Å². The van der Waals surface area contributed by atoms with Crippen LogP contribution in [-0.2, 0) is 6.42 Å². The molecule has 1 heterocycles. The van der Waals surface area contributed by atoms with Gasteiger partial charge in [0.2, 0.25) is 5.75 Å². The van der Waals surface area contributed by atoms with Crippen molar-refractivity contribution in [2.24, 2.45) is 0 Å². The quantitative estimate of drug-likeness (QED) is 0.657. The van der Waals surface area contributed by atoms with Gasteiger partial charge in [0.1, 0.15) is 11.6 Å². The highest BCUT2D eigenvalue weighted by Gasteiger charge is 2.16.